The zero-order valence-electron chi connectivity index (χ0n) is 18.9. The molecule has 1 aliphatic rings. The van der Waals surface area contributed by atoms with E-state index in [9.17, 15) is 0 Å². The number of benzene rings is 3. The molecule has 0 N–H and O–H groups in total. The molecule has 1 fully saturated rings. The lowest BCUT2D eigenvalue weighted by atomic mass is 9.79. The minimum Gasteiger partial charge on any atom is -0.489 e. The van der Waals surface area contributed by atoms with Crippen LogP contribution in [0.15, 0.2) is 72.8 Å². The Morgan fingerprint density at radius 1 is 0.839 bits per heavy atom. The van der Waals surface area contributed by atoms with Gasteiger partial charge in [-0.05, 0) is 77.6 Å². The van der Waals surface area contributed by atoms with E-state index in [-0.39, 0.29) is 0 Å². The highest BCUT2D eigenvalue weighted by atomic mass is 16.5. The normalized spacial score (nSPS) is 19.1. The molecule has 0 heterocycles. The van der Waals surface area contributed by atoms with Gasteiger partial charge in [-0.1, -0.05) is 93.3 Å². The molecule has 1 heteroatoms. The third-order valence-electron chi connectivity index (χ3n) is 6.75. The summed E-state index contributed by atoms with van der Waals surface area (Å²) in [4.78, 5) is 0. The van der Waals surface area contributed by atoms with E-state index >= 15 is 0 Å². The fourth-order valence-electron chi connectivity index (χ4n) is 4.78. The second kappa shape index (κ2) is 11.2. The number of allylic oxidation sites excluding steroid dienone is 1. The van der Waals surface area contributed by atoms with Gasteiger partial charge in [0.1, 0.15) is 12.4 Å². The van der Waals surface area contributed by atoms with Crippen molar-refractivity contribution in [2.45, 2.75) is 64.9 Å². The van der Waals surface area contributed by atoms with Crippen molar-refractivity contribution in [1.29, 1.82) is 0 Å². The Labute approximate surface area is 188 Å². The van der Waals surface area contributed by atoms with Crippen LogP contribution in [0.5, 0.6) is 5.75 Å². The van der Waals surface area contributed by atoms with Crippen molar-refractivity contribution in [1.82, 2.24) is 0 Å². The number of unbranched alkanes of at least 4 members (excludes halogenated alkanes) is 2. The molecule has 1 aliphatic carbocycles. The number of hydrogen-bond donors (Lipinski definition) is 0. The van der Waals surface area contributed by atoms with Gasteiger partial charge in [0.25, 0.3) is 0 Å². The van der Waals surface area contributed by atoms with E-state index < -0.39 is 0 Å². The number of ether oxygens (including phenoxy) is 1. The summed E-state index contributed by atoms with van der Waals surface area (Å²) in [6.45, 7) is 2.90. The third kappa shape index (κ3) is 6.47. The molecule has 0 atom stereocenters. The molecule has 0 unspecified atom stereocenters. The van der Waals surface area contributed by atoms with Crippen LogP contribution in [0.3, 0.4) is 0 Å². The van der Waals surface area contributed by atoms with Crippen LogP contribution in [0.4, 0.5) is 0 Å². The van der Waals surface area contributed by atoms with Crippen molar-refractivity contribution in [3.05, 3.63) is 83.9 Å². The third-order valence-corrected chi connectivity index (χ3v) is 6.75. The molecular weight excluding hydrogens is 376 g/mol. The molecule has 0 aliphatic heterocycles. The highest BCUT2D eigenvalue weighted by Crippen LogP contribution is 2.33. The van der Waals surface area contributed by atoms with Gasteiger partial charge in [0.15, 0.2) is 0 Å². The van der Waals surface area contributed by atoms with Crippen molar-refractivity contribution < 1.29 is 4.74 Å². The Hall–Kier alpha value is -2.54. The van der Waals surface area contributed by atoms with Crippen LogP contribution >= 0.6 is 0 Å². The highest BCUT2D eigenvalue weighted by Gasteiger charge is 2.18. The Bertz CT molecular complexity index is 964. The summed E-state index contributed by atoms with van der Waals surface area (Å²) in [6, 6.07) is 23.5. The summed E-state index contributed by atoms with van der Waals surface area (Å²) in [5.74, 6) is 2.66. The first-order valence-corrected chi connectivity index (χ1v) is 12.2. The van der Waals surface area contributed by atoms with Crippen LogP contribution in [0.1, 0.15) is 69.4 Å². The van der Waals surface area contributed by atoms with E-state index in [4.69, 9.17) is 4.74 Å². The minimum atomic E-state index is 0.605. The van der Waals surface area contributed by atoms with E-state index in [1.165, 1.54) is 73.3 Å². The smallest absolute Gasteiger partial charge is 0.120 e. The molecule has 0 amide bonds. The molecule has 0 radical (unpaired) electrons. The standard InChI is InChI=1S/C30H36O/c1-2-3-5-8-24-11-13-25(14-12-24)15-16-26-17-18-29-22-30(20-19-28(29)21-26)31-23-27-9-6-4-7-10-27/h4,6-7,9-10,15-22,24-25H,2-3,5,8,11-14,23H2,1H3. The van der Waals surface area contributed by atoms with E-state index in [0.717, 1.165) is 17.6 Å². The van der Waals surface area contributed by atoms with E-state index in [0.29, 0.717) is 6.61 Å². The van der Waals surface area contributed by atoms with Gasteiger partial charge >= 0.3 is 0 Å². The SMILES string of the molecule is CCCCCC1CCC(C=Cc2ccc3cc(OCc4ccccc4)ccc3c2)CC1. The van der Waals surface area contributed by atoms with Gasteiger partial charge in [-0.15, -0.1) is 0 Å². The molecule has 3 aromatic rings. The quantitative estimate of drug-likeness (QED) is 0.319. The van der Waals surface area contributed by atoms with Gasteiger partial charge in [-0.2, -0.15) is 0 Å². The molecule has 4 rings (SSSR count). The maximum absolute atomic E-state index is 5.98. The molecule has 3 aromatic carbocycles. The first-order valence-electron chi connectivity index (χ1n) is 12.2. The first kappa shape index (κ1) is 21.7. The maximum Gasteiger partial charge on any atom is 0.120 e. The zero-order valence-corrected chi connectivity index (χ0v) is 18.9. The fourth-order valence-corrected chi connectivity index (χ4v) is 4.78. The molecule has 1 nitrogen and oxygen atoms in total. The minimum absolute atomic E-state index is 0.605. The lowest BCUT2D eigenvalue weighted by molar-refractivity contribution is 0.290. The molecule has 1 saturated carbocycles. The van der Waals surface area contributed by atoms with Crippen molar-refractivity contribution in [3.8, 4) is 5.75 Å². The van der Waals surface area contributed by atoms with Crippen molar-refractivity contribution in [2.75, 3.05) is 0 Å². The summed E-state index contributed by atoms with van der Waals surface area (Å²) in [7, 11) is 0. The van der Waals surface area contributed by atoms with Gasteiger partial charge in [0.05, 0.1) is 0 Å². The summed E-state index contributed by atoms with van der Waals surface area (Å²) in [5.41, 5.74) is 2.49. The number of fused-ring (bicyclic) bond motifs is 1. The fraction of sp³-hybridized carbons (Fsp3) is 0.400. The molecule has 162 valence electrons. The second-order valence-electron chi connectivity index (χ2n) is 9.18. The van der Waals surface area contributed by atoms with E-state index in [1.54, 1.807) is 0 Å². The van der Waals surface area contributed by atoms with Crippen LogP contribution in [0.2, 0.25) is 0 Å². The average Bonchev–Trinajstić information content (AvgIpc) is 2.83. The van der Waals surface area contributed by atoms with E-state index in [1.807, 2.05) is 18.2 Å². The van der Waals surface area contributed by atoms with Gasteiger partial charge in [0, 0.05) is 0 Å². The van der Waals surface area contributed by atoms with Gasteiger partial charge in [-0.3, -0.25) is 0 Å². The molecule has 0 spiro atoms. The van der Waals surface area contributed by atoms with Crippen LogP contribution in [-0.4, -0.2) is 0 Å². The largest absolute Gasteiger partial charge is 0.489 e. The Morgan fingerprint density at radius 2 is 1.61 bits per heavy atom. The highest BCUT2D eigenvalue weighted by molar-refractivity contribution is 5.86. The van der Waals surface area contributed by atoms with Crippen LogP contribution in [-0.2, 0) is 6.61 Å². The van der Waals surface area contributed by atoms with E-state index in [2.05, 4.69) is 67.6 Å². The first-order chi connectivity index (χ1) is 15.3. The summed E-state index contributed by atoms with van der Waals surface area (Å²) >= 11 is 0. The summed E-state index contributed by atoms with van der Waals surface area (Å²) in [5, 5.41) is 2.50. The van der Waals surface area contributed by atoms with Crippen molar-refractivity contribution in [2.24, 2.45) is 11.8 Å². The van der Waals surface area contributed by atoms with Crippen LogP contribution in [0, 0.1) is 11.8 Å². The maximum atomic E-state index is 5.98. The molecular formula is C30H36O. The van der Waals surface area contributed by atoms with Gasteiger partial charge in [0.2, 0.25) is 0 Å². The van der Waals surface area contributed by atoms with Crippen LogP contribution < -0.4 is 4.74 Å². The average molecular weight is 413 g/mol. The Balaban J connectivity index is 1.31. The lowest BCUT2D eigenvalue weighted by Gasteiger charge is -2.26. The molecule has 31 heavy (non-hydrogen) atoms. The predicted octanol–water partition coefficient (Wildman–Crippen LogP) is 8.82. The van der Waals surface area contributed by atoms with Gasteiger partial charge in [-0.25, -0.2) is 0 Å². The topological polar surface area (TPSA) is 9.23 Å². The Kier molecular flexibility index (Phi) is 7.82. The zero-order chi connectivity index (χ0) is 21.3. The predicted molar refractivity (Wildman–Crippen MR) is 133 cm³/mol. The molecule has 0 saturated heterocycles. The summed E-state index contributed by atoms with van der Waals surface area (Å²) in [6.07, 6.45) is 16.0. The van der Waals surface area contributed by atoms with Crippen molar-refractivity contribution >= 4 is 16.8 Å². The number of hydrogen-bond acceptors (Lipinski definition) is 1. The Morgan fingerprint density at radius 3 is 2.42 bits per heavy atom. The molecule has 0 bridgehead atoms. The van der Waals surface area contributed by atoms with Gasteiger partial charge < -0.3 is 4.74 Å². The van der Waals surface area contributed by atoms with Crippen LogP contribution in [0.25, 0.3) is 16.8 Å². The van der Waals surface area contributed by atoms with Crippen molar-refractivity contribution in [3.63, 3.8) is 0 Å². The lowest BCUT2D eigenvalue weighted by Crippen LogP contribution is -2.12. The molecule has 0 aromatic heterocycles. The number of rotatable bonds is 9. The monoisotopic (exact) mass is 412 g/mol. The second-order valence-corrected chi connectivity index (χ2v) is 9.18. The summed E-state index contributed by atoms with van der Waals surface area (Å²) < 4.78 is 5.98.